The van der Waals surface area contributed by atoms with Crippen molar-refractivity contribution in [3.8, 4) is 34.2 Å². The molecule has 3 heterocycles. The maximum Gasteiger partial charge on any atom is 0.164 e. The van der Waals surface area contributed by atoms with Gasteiger partial charge in [-0.05, 0) is 33.5 Å². The molecule has 0 saturated heterocycles. The molecule has 52 heavy (non-hydrogen) atoms. The predicted molar refractivity (Wildman–Crippen MR) is 211 cm³/mol. The molecule has 1 aliphatic carbocycles. The molecule has 2 unspecified atom stereocenters. The summed E-state index contributed by atoms with van der Waals surface area (Å²) in [5.41, 5.74) is 3.68. The van der Waals surface area contributed by atoms with E-state index in [2.05, 4.69) is 53.5 Å². The Morgan fingerprint density at radius 2 is 1.23 bits per heavy atom. The molecule has 9 aromatic rings. The fraction of sp³-hybridized carbons (Fsp3) is 0.0426. The lowest BCUT2D eigenvalue weighted by Gasteiger charge is -2.30. The Balaban J connectivity index is 1.31. The van der Waals surface area contributed by atoms with Crippen LogP contribution in [0.4, 0.5) is 11.4 Å². The van der Waals surface area contributed by atoms with Gasteiger partial charge in [-0.25, -0.2) is 15.0 Å². The van der Waals surface area contributed by atoms with E-state index in [1.165, 1.54) is 0 Å². The third-order valence-corrected chi connectivity index (χ3v) is 10.1. The van der Waals surface area contributed by atoms with Crippen molar-refractivity contribution in [3.05, 3.63) is 174 Å². The Morgan fingerprint density at radius 3 is 2.00 bits per heavy atom. The van der Waals surface area contributed by atoms with Crippen LogP contribution in [-0.4, -0.2) is 21.0 Å². The lowest BCUT2D eigenvalue weighted by atomic mass is 9.88. The number of furan rings is 1. The van der Waals surface area contributed by atoms with Gasteiger partial charge in [0.05, 0.1) is 20.0 Å². The minimum Gasteiger partial charge on any atom is -0.456 e. The third-order valence-electron chi connectivity index (χ3n) is 10.1. The minimum absolute atomic E-state index is 0.0105. The Kier molecular flexibility index (Phi) is 5.13. The lowest BCUT2D eigenvalue weighted by molar-refractivity contribution is 0.668. The van der Waals surface area contributed by atoms with Crippen molar-refractivity contribution in [1.29, 1.82) is 0 Å². The quantitative estimate of drug-likeness (QED) is 0.186. The molecule has 11 rings (SSSR count). The number of hydrogen-bond acceptors (Lipinski definition) is 5. The summed E-state index contributed by atoms with van der Waals surface area (Å²) < 4.78 is 62.0. The Bertz CT molecular complexity index is 3280. The third kappa shape index (κ3) is 4.46. The summed E-state index contributed by atoms with van der Waals surface area (Å²) in [7, 11) is 0. The van der Waals surface area contributed by atoms with Gasteiger partial charge in [0.2, 0.25) is 0 Å². The van der Waals surface area contributed by atoms with Gasteiger partial charge in [-0.3, -0.25) is 0 Å². The number of rotatable bonds is 4. The SMILES string of the molecule is [2H]c1c([2H])c([2H])c2c(oc3c([2H])c(N4c5c(ccc6ccccc56)C5C=c6ccccc6=CC54)c([2H])c(-c4nc(-c5ccccc5)nc(-c5ccccc5)n4)c32)c1[2H]. The van der Waals surface area contributed by atoms with Gasteiger partial charge in [0.1, 0.15) is 11.2 Å². The van der Waals surface area contributed by atoms with E-state index >= 15 is 0 Å². The Morgan fingerprint density at radius 1 is 0.577 bits per heavy atom. The summed E-state index contributed by atoms with van der Waals surface area (Å²) in [5.74, 6) is 0.698. The molecule has 2 aliphatic rings. The van der Waals surface area contributed by atoms with Crippen molar-refractivity contribution in [2.75, 3.05) is 4.90 Å². The molecule has 5 nitrogen and oxygen atoms in total. The van der Waals surface area contributed by atoms with Crippen molar-refractivity contribution in [2.45, 2.75) is 12.0 Å². The topological polar surface area (TPSA) is 55.1 Å². The highest BCUT2D eigenvalue weighted by atomic mass is 16.3. The molecule has 0 saturated carbocycles. The van der Waals surface area contributed by atoms with Gasteiger partial charge in [0.15, 0.2) is 17.5 Å². The van der Waals surface area contributed by atoms with Crippen molar-refractivity contribution < 1.29 is 12.6 Å². The molecular formula is C47H30N4O. The number of aromatic nitrogens is 3. The summed E-state index contributed by atoms with van der Waals surface area (Å²) >= 11 is 0. The smallest absolute Gasteiger partial charge is 0.164 e. The van der Waals surface area contributed by atoms with Crippen LogP contribution < -0.4 is 15.3 Å². The molecule has 2 atom stereocenters. The van der Waals surface area contributed by atoms with Crippen LogP contribution in [0.15, 0.2) is 162 Å². The maximum absolute atomic E-state index is 10.3. The molecule has 5 heteroatoms. The fourth-order valence-electron chi connectivity index (χ4n) is 7.80. The van der Waals surface area contributed by atoms with E-state index in [0.717, 1.165) is 43.6 Å². The Hall–Kier alpha value is -6.85. The number of hydrogen-bond donors (Lipinski definition) is 0. The predicted octanol–water partition coefficient (Wildman–Crippen LogP) is 9.80. The number of anilines is 2. The van der Waals surface area contributed by atoms with Crippen molar-refractivity contribution in [2.24, 2.45) is 0 Å². The second-order valence-corrected chi connectivity index (χ2v) is 13.1. The number of benzene rings is 7. The first-order valence-electron chi connectivity index (χ1n) is 20.2. The molecule has 0 spiro atoms. The van der Waals surface area contributed by atoms with Crippen LogP contribution in [0.25, 0.3) is 79.0 Å². The zero-order chi connectivity index (χ0) is 39.4. The Labute approximate surface area is 307 Å². The standard InChI is InChI=1S/C47H30N4O/c1-3-14-30(15-4-1)45-48-46(31-16-5-2-6-17-31)50-47(49-45)39-27-34(28-42-43(39)37-21-11-12-22-41(37)52-42)51-40-26-33-19-8-7-18-32(33)25-38(40)36-24-23-29-13-9-10-20-35(29)44(36)51/h1-28,38,40H/i11D,12D,21D,22D,27D,28D. The molecule has 244 valence electrons. The van der Waals surface area contributed by atoms with Crippen LogP contribution in [0.3, 0.4) is 0 Å². The number of para-hydroxylation sites is 1. The van der Waals surface area contributed by atoms with E-state index in [0.29, 0.717) is 11.6 Å². The van der Waals surface area contributed by atoms with Crippen LogP contribution in [-0.2, 0) is 0 Å². The second kappa shape index (κ2) is 11.3. The molecule has 2 aromatic heterocycles. The lowest BCUT2D eigenvalue weighted by Crippen LogP contribution is -2.38. The highest BCUT2D eigenvalue weighted by molar-refractivity contribution is 6.14. The molecule has 0 radical (unpaired) electrons. The van der Waals surface area contributed by atoms with E-state index in [1.807, 2.05) is 84.9 Å². The van der Waals surface area contributed by atoms with E-state index in [-0.39, 0.29) is 75.1 Å². The van der Waals surface area contributed by atoms with Gasteiger partial charge in [-0.2, -0.15) is 0 Å². The van der Waals surface area contributed by atoms with E-state index in [9.17, 15) is 2.74 Å². The van der Waals surface area contributed by atoms with Gasteiger partial charge in [-0.15, -0.1) is 0 Å². The summed E-state index contributed by atoms with van der Waals surface area (Å²) in [6.07, 6.45) is 4.46. The summed E-state index contributed by atoms with van der Waals surface area (Å²) in [4.78, 5) is 17.0. The van der Waals surface area contributed by atoms with Crippen molar-refractivity contribution in [1.82, 2.24) is 15.0 Å². The van der Waals surface area contributed by atoms with Crippen LogP contribution in [0.1, 0.15) is 19.7 Å². The van der Waals surface area contributed by atoms with E-state index in [1.54, 1.807) is 0 Å². The summed E-state index contributed by atoms with van der Waals surface area (Å²) in [5, 5.41) is 4.34. The average Bonchev–Trinajstić information content (AvgIpc) is 3.81. The molecule has 1 aliphatic heterocycles. The largest absolute Gasteiger partial charge is 0.456 e. The summed E-state index contributed by atoms with van der Waals surface area (Å²) in [6, 6.07) is 37.4. The zero-order valence-corrected chi connectivity index (χ0v) is 27.6. The van der Waals surface area contributed by atoms with E-state index in [4.69, 9.17) is 24.9 Å². The first-order chi connectivity index (χ1) is 28.3. The molecule has 0 bridgehead atoms. The minimum atomic E-state index is -0.456. The molecule has 7 aromatic carbocycles. The molecule has 0 N–H and O–H groups in total. The zero-order valence-electron chi connectivity index (χ0n) is 33.6. The van der Waals surface area contributed by atoms with E-state index < -0.39 is 12.1 Å². The van der Waals surface area contributed by atoms with Crippen molar-refractivity contribution >= 4 is 56.2 Å². The van der Waals surface area contributed by atoms with Crippen LogP contribution in [0.2, 0.25) is 0 Å². The maximum atomic E-state index is 10.3. The van der Waals surface area contributed by atoms with Gasteiger partial charge < -0.3 is 9.32 Å². The fourth-order valence-corrected chi connectivity index (χ4v) is 7.80. The summed E-state index contributed by atoms with van der Waals surface area (Å²) in [6.45, 7) is 0. The highest BCUT2D eigenvalue weighted by Gasteiger charge is 2.39. The van der Waals surface area contributed by atoms with Crippen LogP contribution in [0.5, 0.6) is 0 Å². The van der Waals surface area contributed by atoms with Crippen LogP contribution in [0, 0.1) is 0 Å². The normalized spacial score (nSPS) is 17.6. The first kappa shape index (κ1) is 23.5. The molecule has 0 amide bonds. The molecular weight excluding hydrogens is 637 g/mol. The number of nitrogens with zero attached hydrogens (tertiary/aromatic N) is 4. The monoisotopic (exact) mass is 672 g/mol. The van der Waals surface area contributed by atoms with Gasteiger partial charge in [0.25, 0.3) is 0 Å². The van der Waals surface area contributed by atoms with Crippen molar-refractivity contribution in [3.63, 3.8) is 0 Å². The molecule has 0 fully saturated rings. The van der Waals surface area contributed by atoms with Crippen LogP contribution >= 0.6 is 0 Å². The van der Waals surface area contributed by atoms with Gasteiger partial charge in [-0.1, -0.05) is 152 Å². The number of fused-ring (bicyclic) bond motifs is 9. The average molecular weight is 673 g/mol. The highest BCUT2D eigenvalue weighted by Crippen LogP contribution is 2.52. The van der Waals surface area contributed by atoms with Gasteiger partial charge in [0, 0.05) is 50.5 Å². The second-order valence-electron chi connectivity index (χ2n) is 13.1. The first-order valence-corrected chi connectivity index (χ1v) is 17.2. The van der Waals surface area contributed by atoms with Gasteiger partial charge >= 0.3 is 0 Å².